The number of hydrogen-bond donors (Lipinski definition) is 0. The number of para-hydroxylation sites is 1. The second-order valence-corrected chi connectivity index (χ2v) is 5.22. The fourth-order valence-electron chi connectivity index (χ4n) is 1.49. The van der Waals surface area contributed by atoms with Crippen LogP contribution in [0.3, 0.4) is 0 Å². The first kappa shape index (κ1) is 9.51. The van der Waals surface area contributed by atoms with E-state index in [4.69, 9.17) is 0 Å². The topological polar surface area (TPSA) is 43.6 Å². The molecular formula is C11H8N4Se. The van der Waals surface area contributed by atoms with Crippen molar-refractivity contribution >= 4 is 14.5 Å². The molecular weight excluding hydrogens is 267 g/mol. The van der Waals surface area contributed by atoms with E-state index in [0.717, 1.165) is 11.5 Å². The first-order valence-electron chi connectivity index (χ1n) is 4.83. The van der Waals surface area contributed by atoms with E-state index in [2.05, 4.69) is 32.6 Å². The molecule has 0 atom stereocenters. The van der Waals surface area contributed by atoms with E-state index in [-0.39, 0.29) is 0 Å². The Balaban J connectivity index is 2.14. The quantitative estimate of drug-likeness (QED) is 0.664. The van der Waals surface area contributed by atoms with Crippen molar-refractivity contribution in [1.82, 2.24) is 20.2 Å². The summed E-state index contributed by atoms with van der Waals surface area (Å²) in [6.07, 6.45) is 0. The van der Waals surface area contributed by atoms with Crippen LogP contribution in [0.15, 0.2) is 47.4 Å². The standard InChI is InChI=1S/C11H8N4Se/c1-2-5-9(6-3-1)15-11(12-13-14-15)10-7-4-8-16-10/h1-8H. The number of aromatic nitrogens is 4. The van der Waals surface area contributed by atoms with Gasteiger partial charge in [-0.2, -0.15) is 0 Å². The fourth-order valence-corrected chi connectivity index (χ4v) is 2.94. The average molecular weight is 275 g/mol. The summed E-state index contributed by atoms with van der Waals surface area (Å²) in [4.78, 5) is 2.16. The molecule has 0 aliphatic heterocycles. The van der Waals surface area contributed by atoms with Gasteiger partial charge >= 0.3 is 98.1 Å². The van der Waals surface area contributed by atoms with E-state index >= 15 is 0 Å². The monoisotopic (exact) mass is 276 g/mol. The van der Waals surface area contributed by atoms with Gasteiger partial charge in [-0.1, -0.05) is 0 Å². The molecule has 16 heavy (non-hydrogen) atoms. The Morgan fingerprint density at radius 1 is 1.00 bits per heavy atom. The van der Waals surface area contributed by atoms with Gasteiger partial charge in [-0.05, 0) is 0 Å². The number of hydrogen-bond acceptors (Lipinski definition) is 3. The number of benzene rings is 1. The predicted octanol–water partition coefficient (Wildman–Crippen LogP) is 1.39. The van der Waals surface area contributed by atoms with Gasteiger partial charge in [-0.25, -0.2) is 0 Å². The summed E-state index contributed by atoms with van der Waals surface area (Å²) in [5.74, 6) is 0.844. The van der Waals surface area contributed by atoms with E-state index in [1.54, 1.807) is 4.68 Å². The van der Waals surface area contributed by atoms with Crippen LogP contribution in [0, 0.1) is 0 Å². The van der Waals surface area contributed by atoms with Crippen LogP contribution in [0.25, 0.3) is 15.9 Å². The molecule has 0 unspecified atom stereocenters. The van der Waals surface area contributed by atoms with Crippen LogP contribution in [-0.2, 0) is 0 Å². The molecule has 0 spiro atoms. The van der Waals surface area contributed by atoms with Gasteiger partial charge in [0.25, 0.3) is 0 Å². The van der Waals surface area contributed by atoms with Gasteiger partial charge in [0.05, 0.1) is 0 Å². The molecule has 0 fully saturated rings. The Morgan fingerprint density at radius 3 is 2.62 bits per heavy atom. The molecule has 0 aliphatic rings. The molecule has 4 nitrogen and oxygen atoms in total. The van der Waals surface area contributed by atoms with E-state index < -0.39 is 0 Å². The van der Waals surface area contributed by atoms with Crippen molar-refractivity contribution in [2.45, 2.75) is 0 Å². The van der Waals surface area contributed by atoms with Gasteiger partial charge < -0.3 is 0 Å². The van der Waals surface area contributed by atoms with Crippen LogP contribution < -0.4 is 0 Å². The molecule has 2 aromatic heterocycles. The van der Waals surface area contributed by atoms with Crippen molar-refractivity contribution in [1.29, 1.82) is 0 Å². The molecule has 0 radical (unpaired) electrons. The van der Waals surface area contributed by atoms with Crippen LogP contribution in [0.2, 0.25) is 0 Å². The summed E-state index contributed by atoms with van der Waals surface area (Å²) in [5, 5.41) is 11.9. The third-order valence-electron chi connectivity index (χ3n) is 2.21. The van der Waals surface area contributed by atoms with E-state index in [1.807, 2.05) is 30.3 Å². The van der Waals surface area contributed by atoms with Crippen LogP contribution in [-0.4, -0.2) is 34.7 Å². The zero-order chi connectivity index (χ0) is 10.8. The van der Waals surface area contributed by atoms with Gasteiger partial charge in [-0.15, -0.1) is 0 Å². The molecule has 1 aromatic carbocycles. The Bertz CT molecular complexity index is 571. The van der Waals surface area contributed by atoms with E-state index in [1.165, 1.54) is 4.44 Å². The van der Waals surface area contributed by atoms with Crippen LogP contribution in [0.5, 0.6) is 0 Å². The summed E-state index contributed by atoms with van der Waals surface area (Å²) in [6.45, 7) is 0. The van der Waals surface area contributed by atoms with Gasteiger partial charge in [-0.3, -0.25) is 0 Å². The SMILES string of the molecule is c1ccc(-n2nnnc2-c2ccc[se]2)cc1. The Kier molecular flexibility index (Phi) is 2.40. The molecule has 0 bridgehead atoms. The predicted molar refractivity (Wildman–Crippen MR) is 61.5 cm³/mol. The van der Waals surface area contributed by atoms with E-state index in [0.29, 0.717) is 14.5 Å². The van der Waals surface area contributed by atoms with Crippen molar-refractivity contribution in [3.05, 3.63) is 47.4 Å². The number of tetrazole rings is 1. The molecule has 0 saturated carbocycles. The summed E-state index contributed by atoms with van der Waals surface area (Å²) in [7, 11) is 0. The molecule has 2 heterocycles. The summed E-state index contributed by atoms with van der Waals surface area (Å²) < 4.78 is 2.99. The second kappa shape index (κ2) is 4.04. The summed E-state index contributed by atoms with van der Waals surface area (Å²) in [5.41, 5.74) is 0.992. The molecule has 3 rings (SSSR count). The van der Waals surface area contributed by atoms with Crippen molar-refractivity contribution < 1.29 is 0 Å². The first-order chi connectivity index (χ1) is 7.95. The fraction of sp³-hybridized carbons (Fsp3) is 0. The summed E-state index contributed by atoms with van der Waals surface area (Å²) in [6, 6.07) is 14.1. The maximum absolute atomic E-state index is 4.08. The van der Waals surface area contributed by atoms with Crippen LogP contribution in [0.4, 0.5) is 0 Å². The molecule has 0 saturated heterocycles. The van der Waals surface area contributed by atoms with Gasteiger partial charge in [0.15, 0.2) is 0 Å². The van der Waals surface area contributed by atoms with E-state index in [9.17, 15) is 0 Å². The third-order valence-corrected chi connectivity index (χ3v) is 4.03. The average Bonchev–Trinajstić information content (AvgIpc) is 3.01. The molecule has 0 amide bonds. The zero-order valence-corrected chi connectivity index (χ0v) is 10.0. The molecule has 5 heteroatoms. The maximum atomic E-state index is 4.08. The second-order valence-electron chi connectivity index (χ2n) is 3.23. The number of nitrogens with zero attached hydrogens (tertiary/aromatic N) is 4. The van der Waals surface area contributed by atoms with Crippen molar-refractivity contribution in [3.63, 3.8) is 0 Å². The van der Waals surface area contributed by atoms with Crippen molar-refractivity contribution in [2.24, 2.45) is 0 Å². The normalized spacial score (nSPS) is 10.5. The summed E-state index contributed by atoms with van der Waals surface area (Å²) >= 11 is 0.348. The Hall–Kier alpha value is -1.71. The van der Waals surface area contributed by atoms with Crippen LogP contribution >= 0.6 is 0 Å². The molecule has 0 N–H and O–H groups in total. The van der Waals surface area contributed by atoms with Crippen molar-refractivity contribution in [2.75, 3.05) is 0 Å². The van der Waals surface area contributed by atoms with Crippen LogP contribution in [0.1, 0.15) is 0 Å². The molecule has 3 aromatic rings. The Labute approximate surface area is 98.3 Å². The molecule has 0 aliphatic carbocycles. The third kappa shape index (κ3) is 1.60. The van der Waals surface area contributed by atoms with Gasteiger partial charge in [0.2, 0.25) is 0 Å². The minimum atomic E-state index is 0.348. The number of rotatable bonds is 2. The Morgan fingerprint density at radius 2 is 1.88 bits per heavy atom. The first-order valence-corrected chi connectivity index (χ1v) is 6.67. The van der Waals surface area contributed by atoms with Crippen molar-refractivity contribution in [3.8, 4) is 15.9 Å². The molecule has 78 valence electrons. The minimum absolute atomic E-state index is 0.348. The van der Waals surface area contributed by atoms with Gasteiger partial charge in [0, 0.05) is 0 Å². The van der Waals surface area contributed by atoms with Gasteiger partial charge in [0.1, 0.15) is 0 Å². The zero-order valence-electron chi connectivity index (χ0n) is 8.32.